The molecular formula is C21H21I2N3O4S. The second-order valence-corrected chi connectivity index (χ2v) is 12.0. The number of benzene rings is 2. The van der Waals surface area contributed by atoms with Crippen LogP contribution in [0, 0.1) is 13.1 Å². The molecule has 2 fully saturated rings. The van der Waals surface area contributed by atoms with Gasteiger partial charge in [0.15, 0.2) is 0 Å². The van der Waals surface area contributed by atoms with Crippen LogP contribution in [0.5, 0.6) is 0 Å². The predicted octanol–water partition coefficient (Wildman–Crippen LogP) is 3.39. The maximum absolute atomic E-state index is 13.1. The standard InChI is InChI=1S/C21H21I2N3O4S/c22-16-6-7-19(18(23)13-16)24-20(27)15-2-1-3-17(12-15)31(29,30)26-10-8-25(9-11-26)21(28)14-4-5-14/h1-3,6-7,12-14H,4-5,8-11H2,(H,24,27). The Kier molecular flexibility index (Phi) is 6.89. The van der Waals surface area contributed by atoms with Crippen molar-refractivity contribution in [3.05, 3.63) is 55.2 Å². The molecule has 1 saturated heterocycles. The highest BCUT2D eigenvalue weighted by Crippen LogP contribution is 2.31. The minimum atomic E-state index is -3.75. The summed E-state index contributed by atoms with van der Waals surface area (Å²) in [7, 11) is -3.75. The molecule has 2 amide bonds. The molecule has 0 unspecified atom stereocenters. The Balaban J connectivity index is 1.46. The minimum Gasteiger partial charge on any atom is -0.340 e. The van der Waals surface area contributed by atoms with Gasteiger partial charge in [-0.1, -0.05) is 6.07 Å². The number of amides is 2. The van der Waals surface area contributed by atoms with E-state index in [1.165, 1.54) is 16.4 Å². The van der Waals surface area contributed by atoms with Gasteiger partial charge in [-0.25, -0.2) is 8.42 Å². The van der Waals surface area contributed by atoms with Gasteiger partial charge in [0.1, 0.15) is 0 Å². The van der Waals surface area contributed by atoms with E-state index in [-0.39, 0.29) is 41.3 Å². The van der Waals surface area contributed by atoms with Crippen LogP contribution in [0.3, 0.4) is 0 Å². The molecule has 1 aliphatic heterocycles. The van der Waals surface area contributed by atoms with Gasteiger partial charge < -0.3 is 10.2 Å². The fourth-order valence-corrected chi connectivity index (χ4v) is 6.68. The Morgan fingerprint density at radius 3 is 2.32 bits per heavy atom. The topological polar surface area (TPSA) is 86.8 Å². The Bertz CT molecular complexity index is 1130. The molecule has 2 aliphatic rings. The number of rotatable bonds is 5. The molecule has 0 spiro atoms. The fourth-order valence-electron chi connectivity index (χ4n) is 3.47. The second kappa shape index (κ2) is 9.32. The van der Waals surface area contributed by atoms with Crippen LogP contribution >= 0.6 is 45.2 Å². The maximum Gasteiger partial charge on any atom is 0.255 e. The number of nitrogens with zero attached hydrogens (tertiary/aromatic N) is 2. The quantitative estimate of drug-likeness (QED) is 0.497. The minimum absolute atomic E-state index is 0.0828. The van der Waals surface area contributed by atoms with Crippen LogP contribution in [0.4, 0.5) is 5.69 Å². The lowest BCUT2D eigenvalue weighted by Crippen LogP contribution is -2.50. The third-order valence-corrected chi connectivity index (χ3v) is 8.85. The molecule has 0 radical (unpaired) electrons. The molecule has 10 heteroatoms. The van der Waals surface area contributed by atoms with Crippen LogP contribution in [0.2, 0.25) is 0 Å². The summed E-state index contributed by atoms with van der Waals surface area (Å²) >= 11 is 4.35. The maximum atomic E-state index is 13.1. The number of nitrogens with one attached hydrogen (secondary N) is 1. The summed E-state index contributed by atoms with van der Waals surface area (Å²) in [5, 5.41) is 2.84. The molecule has 0 bridgehead atoms. The van der Waals surface area contributed by atoms with Crippen LogP contribution < -0.4 is 5.32 Å². The molecule has 1 N–H and O–H groups in total. The highest BCUT2D eigenvalue weighted by Gasteiger charge is 2.36. The van der Waals surface area contributed by atoms with Crippen LogP contribution in [-0.4, -0.2) is 55.6 Å². The summed E-state index contributed by atoms with van der Waals surface area (Å²) in [6, 6.07) is 11.8. The zero-order valence-corrected chi connectivity index (χ0v) is 21.7. The summed E-state index contributed by atoms with van der Waals surface area (Å²) < 4.78 is 29.6. The van der Waals surface area contributed by atoms with Gasteiger partial charge in [-0.15, -0.1) is 0 Å². The molecule has 31 heavy (non-hydrogen) atoms. The number of anilines is 1. The molecule has 1 aliphatic carbocycles. The number of hydrogen-bond acceptors (Lipinski definition) is 4. The molecule has 2 aromatic carbocycles. The zero-order chi connectivity index (χ0) is 22.2. The number of sulfonamides is 1. The van der Waals surface area contributed by atoms with Crippen molar-refractivity contribution in [3.63, 3.8) is 0 Å². The average Bonchev–Trinajstić information content (AvgIpc) is 3.61. The van der Waals surface area contributed by atoms with Crippen LogP contribution in [0.15, 0.2) is 47.4 Å². The monoisotopic (exact) mass is 665 g/mol. The summed E-state index contributed by atoms with van der Waals surface area (Å²) in [6.45, 7) is 1.33. The highest BCUT2D eigenvalue weighted by atomic mass is 127. The molecule has 2 aromatic rings. The van der Waals surface area contributed by atoms with E-state index in [1.807, 2.05) is 18.2 Å². The summed E-state index contributed by atoms with van der Waals surface area (Å²) in [6.07, 6.45) is 1.88. The predicted molar refractivity (Wildman–Crippen MR) is 134 cm³/mol. The van der Waals surface area contributed by atoms with E-state index >= 15 is 0 Å². The molecule has 4 rings (SSSR count). The van der Waals surface area contributed by atoms with E-state index in [4.69, 9.17) is 0 Å². The van der Waals surface area contributed by atoms with Gasteiger partial charge in [0.2, 0.25) is 15.9 Å². The van der Waals surface area contributed by atoms with E-state index in [2.05, 4.69) is 50.5 Å². The number of piperazine rings is 1. The first kappa shape index (κ1) is 22.9. The SMILES string of the molecule is O=C(Nc1ccc(I)cc1I)c1cccc(S(=O)(=O)N2CCN(C(=O)C3CC3)CC2)c1. The highest BCUT2D eigenvalue weighted by molar-refractivity contribution is 14.1. The third kappa shape index (κ3) is 5.22. The van der Waals surface area contributed by atoms with E-state index < -0.39 is 10.0 Å². The van der Waals surface area contributed by atoms with Crippen molar-refractivity contribution >= 4 is 72.7 Å². The molecule has 1 heterocycles. The number of hydrogen-bond donors (Lipinski definition) is 1. The van der Waals surface area contributed by atoms with Crippen molar-refractivity contribution in [1.82, 2.24) is 9.21 Å². The molecule has 164 valence electrons. The lowest BCUT2D eigenvalue weighted by atomic mass is 10.2. The van der Waals surface area contributed by atoms with Crippen molar-refractivity contribution in [3.8, 4) is 0 Å². The van der Waals surface area contributed by atoms with Crippen LogP contribution in [-0.2, 0) is 14.8 Å². The molecule has 0 aromatic heterocycles. The molecule has 7 nitrogen and oxygen atoms in total. The van der Waals surface area contributed by atoms with Crippen LogP contribution in [0.25, 0.3) is 0 Å². The number of carbonyl (C=O) groups is 2. The van der Waals surface area contributed by atoms with Crippen molar-refractivity contribution in [2.24, 2.45) is 5.92 Å². The van der Waals surface area contributed by atoms with Crippen LogP contribution in [0.1, 0.15) is 23.2 Å². The van der Waals surface area contributed by atoms with Gasteiger partial charge in [0.25, 0.3) is 5.91 Å². The summed E-state index contributed by atoms with van der Waals surface area (Å²) in [4.78, 5) is 26.8. The normalized spacial score (nSPS) is 17.4. The zero-order valence-electron chi connectivity index (χ0n) is 16.6. The van der Waals surface area contributed by atoms with Gasteiger partial charge in [0.05, 0.1) is 10.6 Å². The molecule has 0 atom stereocenters. The Morgan fingerprint density at radius 2 is 1.68 bits per heavy atom. The number of carbonyl (C=O) groups excluding carboxylic acids is 2. The third-order valence-electron chi connectivity index (χ3n) is 5.39. The largest absolute Gasteiger partial charge is 0.340 e. The van der Waals surface area contributed by atoms with E-state index in [1.54, 1.807) is 17.0 Å². The second-order valence-electron chi connectivity index (χ2n) is 7.61. The lowest BCUT2D eigenvalue weighted by molar-refractivity contribution is -0.133. The van der Waals surface area contributed by atoms with E-state index in [9.17, 15) is 18.0 Å². The first-order valence-corrected chi connectivity index (χ1v) is 13.5. The lowest BCUT2D eigenvalue weighted by Gasteiger charge is -2.34. The van der Waals surface area contributed by atoms with E-state index in [0.717, 1.165) is 20.0 Å². The first-order valence-electron chi connectivity index (χ1n) is 9.91. The van der Waals surface area contributed by atoms with Gasteiger partial charge in [0, 0.05) is 44.8 Å². The van der Waals surface area contributed by atoms with Crippen molar-refractivity contribution in [1.29, 1.82) is 0 Å². The Labute approximate surface area is 208 Å². The van der Waals surface area contributed by atoms with Gasteiger partial charge in [-0.05, 0) is 94.4 Å². The average molecular weight is 665 g/mol. The van der Waals surface area contributed by atoms with Crippen molar-refractivity contribution < 1.29 is 18.0 Å². The van der Waals surface area contributed by atoms with Crippen molar-refractivity contribution in [2.75, 3.05) is 31.5 Å². The van der Waals surface area contributed by atoms with E-state index in [0.29, 0.717) is 18.8 Å². The molecule has 1 saturated carbocycles. The smallest absolute Gasteiger partial charge is 0.255 e. The van der Waals surface area contributed by atoms with Gasteiger partial charge in [-0.3, -0.25) is 9.59 Å². The number of halogens is 2. The van der Waals surface area contributed by atoms with Crippen molar-refractivity contribution in [2.45, 2.75) is 17.7 Å². The first-order chi connectivity index (χ1) is 14.8. The summed E-state index contributed by atoms with van der Waals surface area (Å²) in [5.41, 5.74) is 0.953. The Hall–Kier alpha value is -1.25. The fraction of sp³-hybridized carbons (Fsp3) is 0.333. The summed E-state index contributed by atoms with van der Waals surface area (Å²) in [5.74, 6) is -0.0912. The molecular weight excluding hydrogens is 644 g/mol. The van der Waals surface area contributed by atoms with Gasteiger partial charge in [-0.2, -0.15) is 4.31 Å². The Morgan fingerprint density at radius 1 is 0.968 bits per heavy atom. The van der Waals surface area contributed by atoms with Gasteiger partial charge >= 0.3 is 0 Å².